The van der Waals surface area contributed by atoms with Gasteiger partial charge >= 0.3 is 5.97 Å². The maximum absolute atomic E-state index is 12.7. The number of unbranched alkanes of at least 4 members (excludes halogenated alkanes) is 4. The fourth-order valence-electron chi connectivity index (χ4n) is 3.43. The predicted molar refractivity (Wildman–Crippen MR) is 115 cm³/mol. The quantitative estimate of drug-likeness (QED) is 0.259. The van der Waals surface area contributed by atoms with Crippen LogP contribution in [0.25, 0.3) is 20.3 Å². The van der Waals surface area contributed by atoms with E-state index in [9.17, 15) is 4.79 Å². The molecule has 1 unspecified atom stereocenters. The van der Waals surface area contributed by atoms with Gasteiger partial charge in [0.1, 0.15) is 5.52 Å². The van der Waals surface area contributed by atoms with Gasteiger partial charge in [-0.05, 0) is 36.4 Å². The fraction of sp³-hybridized carbons (Fsp3) is 0.571. The molecule has 27 heavy (non-hydrogen) atoms. The van der Waals surface area contributed by atoms with Crippen LogP contribution in [0.2, 0.25) is 0 Å². The van der Waals surface area contributed by atoms with Crippen LogP contribution in [0, 0.1) is 5.92 Å². The highest BCUT2D eigenvalue weighted by molar-refractivity contribution is 7.20. The Hall–Kier alpha value is -1.53. The highest BCUT2D eigenvalue weighted by Gasteiger charge is 2.18. The lowest BCUT2D eigenvalue weighted by Gasteiger charge is -2.16. The molecule has 3 rings (SSSR count). The van der Waals surface area contributed by atoms with Crippen LogP contribution in [0.15, 0.2) is 17.5 Å². The summed E-state index contributed by atoms with van der Waals surface area (Å²) in [7, 11) is 0. The molecule has 2 heterocycles. The minimum absolute atomic E-state index is 0.209. The number of hydrogen-bond acceptors (Lipinski definition) is 6. The molecule has 0 aliphatic rings. The molecule has 0 fully saturated rings. The number of carbonyl (C=O) groups excluding carboxylic acids is 1. The highest BCUT2D eigenvalue weighted by atomic mass is 32.1. The van der Waals surface area contributed by atoms with Gasteiger partial charge in [-0.2, -0.15) is 0 Å². The van der Waals surface area contributed by atoms with E-state index in [-0.39, 0.29) is 5.97 Å². The van der Waals surface area contributed by atoms with Crippen molar-refractivity contribution in [1.29, 1.82) is 0 Å². The number of thiophene rings is 1. The van der Waals surface area contributed by atoms with E-state index in [0.717, 1.165) is 33.1 Å². The Bertz CT molecular complexity index is 871. The van der Waals surface area contributed by atoms with Crippen molar-refractivity contribution in [2.75, 3.05) is 6.61 Å². The molecule has 0 saturated heterocycles. The zero-order chi connectivity index (χ0) is 19.1. The summed E-state index contributed by atoms with van der Waals surface area (Å²) in [6, 6.07) is 3.98. The first-order chi connectivity index (χ1) is 13.2. The summed E-state index contributed by atoms with van der Waals surface area (Å²) in [4.78, 5) is 12.7. The van der Waals surface area contributed by atoms with Gasteiger partial charge in [0, 0.05) is 10.8 Å². The number of fused-ring (bicyclic) bond motifs is 3. The fourth-order valence-corrected chi connectivity index (χ4v) is 5.09. The zero-order valence-electron chi connectivity index (χ0n) is 16.2. The number of esters is 1. The lowest BCUT2D eigenvalue weighted by molar-refractivity contribution is 0.0425. The second-order valence-electron chi connectivity index (χ2n) is 7.17. The molecule has 4 nitrogen and oxygen atoms in total. The Morgan fingerprint density at radius 3 is 2.74 bits per heavy atom. The third kappa shape index (κ3) is 5.05. The Balaban J connectivity index is 1.63. The van der Waals surface area contributed by atoms with Gasteiger partial charge in [0.05, 0.1) is 21.6 Å². The molecule has 1 atom stereocenters. The second-order valence-corrected chi connectivity index (χ2v) is 8.83. The second kappa shape index (κ2) is 10.1. The summed E-state index contributed by atoms with van der Waals surface area (Å²) in [6.45, 7) is 4.98. The van der Waals surface area contributed by atoms with E-state index in [0.29, 0.717) is 18.1 Å². The molecule has 6 heteroatoms. The number of carbonyl (C=O) groups is 1. The Morgan fingerprint density at radius 1 is 1.11 bits per heavy atom. The van der Waals surface area contributed by atoms with Gasteiger partial charge in [-0.25, -0.2) is 4.79 Å². The van der Waals surface area contributed by atoms with Crippen LogP contribution in [0.1, 0.15) is 75.6 Å². The van der Waals surface area contributed by atoms with Gasteiger partial charge in [0.2, 0.25) is 0 Å². The van der Waals surface area contributed by atoms with E-state index in [1.54, 1.807) is 11.3 Å². The summed E-state index contributed by atoms with van der Waals surface area (Å²) in [6.07, 6.45) is 9.74. The highest BCUT2D eigenvalue weighted by Crippen LogP contribution is 2.33. The topological polar surface area (TPSA) is 52.1 Å². The van der Waals surface area contributed by atoms with Crippen LogP contribution in [0.5, 0.6) is 0 Å². The Morgan fingerprint density at radius 2 is 1.93 bits per heavy atom. The van der Waals surface area contributed by atoms with Crippen LogP contribution in [-0.4, -0.2) is 22.2 Å². The number of nitrogens with zero attached hydrogens (tertiary/aromatic N) is 2. The van der Waals surface area contributed by atoms with Crippen molar-refractivity contribution in [3.05, 3.63) is 23.1 Å². The molecule has 146 valence electrons. The van der Waals surface area contributed by atoms with Gasteiger partial charge in [0.25, 0.3) is 0 Å². The number of rotatable bonds is 11. The van der Waals surface area contributed by atoms with E-state index in [1.165, 1.54) is 50.1 Å². The SMILES string of the molecule is CCCCCCC(CCCC)COC(=O)c1csc2c1ccc1snnc12. The van der Waals surface area contributed by atoms with Crippen LogP contribution in [0.3, 0.4) is 0 Å². The number of hydrogen-bond donors (Lipinski definition) is 0. The first-order valence-corrected chi connectivity index (χ1v) is 11.7. The average Bonchev–Trinajstić information content (AvgIpc) is 3.32. The molecule has 3 aromatic rings. The largest absolute Gasteiger partial charge is 0.462 e. The monoisotopic (exact) mass is 404 g/mol. The van der Waals surface area contributed by atoms with Gasteiger partial charge in [-0.3, -0.25) is 0 Å². The third-order valence-electron chi connectivity index (χ3n) is 5.06. The van der Waals surface area contributed by atoms with E-state index >= 15 is 0 Å². The van der Waals surface area contributed by atoms with E-state index in [2.05, 4.69) is 23.4 Å². The third-order valence-corrected chi connectivity index (χ3v) is 6.75. The average molecular weight is 405 g/mol. The van der Waals surface area contributed by atoms with E-state index in [1.807, 2.05) is 17.5 Å². The van der Waals surface area contributed by atoms with Gasteiger partial charge in [-0.15, -0.1) is 16.4 Å². The van der Waals surface area contributed by atoms with E-state index < -0.39 is 0 Å². The Labute approximate surface area is 169 Å². The molecule has 1 aromatic carbocycles. The minimum Gasteiger partial charge on any atom is -0.462 e. The molecule has 0 radical (unpaired) electrons. The van der Waals surface area contributed by atoms with Crippen molar-refractivity contribution in [3.8, 4) is 0 Å². The number of benzene rings is 1. The van der Waals surface area contributed by atoms with Crippen LogP contribution >= 0.6 is 22.9 Å². The van der Waals surface area contributed by atoms with Crippen LogP contribution in [-0.2, 0) is 4.74 Å². The first kappa shape index (κ1) is 20.2. The number of aromatic nitrogens is 2. The van der Waals surface area contributed by atoms with Crippen molar-refractivity contribution in [3.63, 3.8) is 0 Å². The van der Waals surface area contributed by atoms with Gasteiger partial charge in [-0.1, -0.05) is 62.9 Å². The lowest BCUT2D eigenvalue weighted by atomic mass is 9.96. The smallest absolute Gasteiger partial charge is 0.339 e. The van der Waals surface area contributed by atoms with Crippen molar-refractivity contribution in [2.24, 2.45) is 5.92 Å². The molecular formula is C21H28N2O2S2. The van der Waals surface area contributed by atoms with Crippen LogP contribution in [0.4, 0.5) is 0 Å². The molecule has 0 saturated carbocycles. The lowest BCUT2D eigenvalue weighted by Crippen LogP contribution is -2.14. The van der Waals surface area contributed by atoms with Crippen molar-refractivity contribution >= 4 is 49.1 Å². The summed E-state index contributed by atoms with van der Waals surface area (Å²) < 4.78 is 11.8. The number of ether oxygens (including phenoxy) is 1. The summed E-state index contributed by atoms with van der Waals surface area (Å²) in [5.41, 5.74) is 1.54. The van der Waals surface area contributed by atoms with E-state index in [4.69, 9.17) is 4.74 Å². The van der Waals surface area contributed by atoms with Crippen LogP contribution < -0.4 is 0 Å². The Kier molecular flexibility index (Phi) is 7.59. The molecule has 0 aliphatic carbocycles. The summed E-state index contributed by atoms with van der Waals surface area (Å²) in [5.74, 6) is 0.268. The predicted octanol–water partition coefficient (Wildman–Crippen LogP) is 6.84. The molecule has 0 amide bonds. The molecule has 0 bridgehead atoms. The minimum atomic E-state index is -0.209. The van der Waals surface area contributed by atoms with Crippen molar-refractivity contribution in [2.45, 2.75) is 65.2 Å². The summed E-state index contributed by atoms with van der Waals surface area (Å²) in [5, 5.41) is 7.03. The first-order valence-electron chi connectivity index (χ1n) is 10.0. The maximum atomic E-state index is 12.7. The molecule has 0 spiro atoms. The van der Waals surface area contributed by atoms with Gasteiger partial charge < -0.3 is 4.74 Å². The van der Waals surface area contributed by atoms with Crippen molar-refractivity contribution < 1.29 is 9.53 Å². The molecule has 2 aromatic heterocycles. The normalized spacial score (nSPS) is 12.7. The maximum Gasteiger partial charge on any atom is 0.339 e. The molecular weight excluding hydrogens is 376 g/mol. The molecule has 0 N–H and O–H groups in total. The molecule has 0 aliphatic heterocycles. The standard InChI is InChI=1S/C21H28N2O2S2/c1-3-5-7-8-10-15(9-6-4-2)13-25-21(24)17-14-26-20-16(17)11-12-18-19(20)22-23-27-18/h11-12,14-15H,3-10,13H2,1-2H3. The van der Waals surface area contributed by atoms with Gasteiger partial charge in [0.15, 0.2) is 0 Å². The zero-order valence-corrected chi connectivity index (χ0v) is 17.8. The summed E-state index contributed by atoms with van der Waals surface area (Å²) >= 11 is 2.93. The van der Waals surface area contributed by atoms with Crippen molar-refractivity contribution in [1.82, 2.24) is 9.59 Å².